The van der Waals surface area contributed by atoms with Crippen molar-refractivity contribution >= 4 is 166 Å². The van der Waals surface area contributed by atoms with Gasteiger partial charge in [0.2, 0.25) is 0 Å². The number of phenolic OH excluding ortho intramolecular Hbond substituents is 1. The van der Waals surface area contributed by atoms with Crippen LogP contribution in [0.4, 0.5) is 34.1 Å². The van der Waals surface area contributed by atoms with Crippen molar-refractivity contribution in [3.8, 4) is 43.9 Å². The number of hydrogen-bond acceptors (Lipinski definition) is 15. The molecule has 0 saturated carbocycles. The van der Waals surface area contributed by atoms with Crippen LogP contribution >= 0.6 is 34.4 Å². The number of benzene rings is 8. The molecule has 490 valence electrons. The fourth-order valence-electron chi connectivity index (χ4n) is 14.1. The van der Waals surface area contributed by atoms with Crippen LogP contribution in [-0.4, -0.2) is 63.2 Å². The fourth-order valence-corrected chi connectivity index (χ4v) is 17.2. The molecular weight excluding hydrogens is 1270 g/mol. The normalized spacial score (nSPS) is 11.9. The monoisotopic (exact) mass is 1350 g/mol. The second kappa shape index (κ2) is 27.0. The Hall–Kier alpha value is -10.2. The number of fused-ring (bicyclic) bond motifs is 14. The standard InChI is InChI=1S/C81H74N10O4S3/c1-6-8-10-12-14-16-44-94-58-36-26-52(27-37-58)90(50-22-32-56(92)33-23-50)54-30-40-62-64(46-54)88(3)66-48-68(96-80(62)66)70-74-75(85-79-73-61(21-19-43-83-73)60-20-18-42-82-72(60)78(79)84-74)71(77-76(70)86-98-87-77)69-49-67-81(97-69)63-41-31-55(47-65(63)89(67)4)91(51-24-34-57(93-5)35-25-51)53-28-38-59(39-29-53)95-45-17-15-13-11-9-7-2/h18-43,46-49,92H,6-17,44-45H2,1-5H3. The number of methoxy groups -OCH3 is 1. The third-order valence-electron chi connectivity index (χ3n) is 19.2. The zero-order valence-corrected chi connectivity index (χ0v) is 58.0. The molecule has 16 rings (SSSR count). The van der Waals surface area contributed by atoms with Gasteiger partial charge in [-0.2, -0.15) is 8.75 Å². The van der Waals surface area contributed by atoms with Crippen molar-refractivity contribution in [2.45, 2.75) is 90.9 Å². The van der Waals surface area contributed by atoms with Gasteiger partial charge < -0.3 is 38.3 Å². The predicted octanol–water partition coefficient (Wildman–Crippen LogP) is 22.8. The second-order valence-electron chi connectivity index (χ2n) is 25.4. The number of ether oxygens (including phenoxy) is 3. The highest BCUT2D eigenvalue weighted by molar-refractivity contribution is 7.24. The maximum absolute atomic E-state index is 10.4. The van der Waals surface area contributed by atoms with Crippen LogP contribution in [0.3, 0.4) is 0 Å². The molecule has 98 heavy (non-hydrogen) atoms. The van der Waals surface area contributed by atoms with Gasteiger partial charge in [-0.3, -0.25) is 9.97 Å². The summed E-state index contributed by atoms with van der Waals surface area (Å²) in [5.74, 6) is 2.73. The minimum atomic E-state index is 0.212. The van der Waals surface area contributed by atoms with Crippen LogP contribution in [0, 0.1) is 0 Å². The van der Waals surface area contributed by atoms with Crippen molar-refractivity contribution in [3.05, 3.63) is 182 Å². The van der Waals surface area contributed by atoms with Crippen LogP contribution in [0.2, 0.25) is 0 Å². The van der Waals surface area contributed by atoms with E-state index in [1.54, 1.807) is 41.9 Å². The quantitative estimate of drug-likeness (QED) is 0.0331. The molecule has 17 heteroatoms. The topological polar surface area (TPSA) is 142 Å². The molecule has 0 aliphatic rings. The molecule has 0 atom stereocenters. The van der Waals surface area contributed by atoms with Crippen molar-refractivity contribution in [1.82, 2.24) is 37.8 Å². The number of aromatic hydroxyl groups is 1. The van der Waals surface area contributed by atoms with Gasteiger partial charge in [0.25, 0.3) is 0 Å². The van der Waals surface area contributed by atoms with E-state index in [9.17, 15) is 5.11 Å². The predicted molar refractivity (Wildman–Crippen MR) is 409 cm³/mol. The number of rotatable bonds is 25. The van der Waals surface area contributed by atoms with E-state index in [1.165, 1.54) is 75.9 Å². The fraction of sp³-hybridized carbons (Fsp3) is 0.235. The number of anilines is 6. The van der Waals surface area contributed by atoms with E-state index in [1.807, 2.05) is 48.8 Å². The molecule has 16 aromatic rings. The first-order valence-electron chi connectivity index (χ1n) is 34.2. The largest absolute Gasteiger partial charge is 0.508 e. The van der Waals surface area contributed by atoms with Crippen LogP contribution in [0.5, 0.6) is 23.0 Å². The van der Waals surface area contributed by atoms with Crippen LogP contribution < -0.4 is 24.0 Å². The number of hydrogen-bond donors (Lipinski definition) is 1. The number of nitrogens with zero attached hydrogens (tertiary/aromatic N) is 10. The lowest BCUT2D eigenvalue weighted by Gasteiger charge is -2.26. The van der Waals surface area contributed by atoms with E-state index in [0.717, 1.165) is 171 Å². The summed E-state index contributed by atoms with van der Waals surface area (Å²) in [4.78, 5) is 28.1. The zero-order valence-electron chi connectivity index (χ0n) is 55.6. The highest BCUT2D eigenvalue weighted by Gasteiger charge is 2.29. The Morgan fingerprint density at radius 3 is 1.22 bits per heavy atom. The summed E-state index contributed by atoms with van der Waals surface area (Å²) >= 11 is 4.70. The van der Waals surface area contributed by atoms with Gasteiger partial charge in [0.05, 0.1) is 74.6 Å². The molecule has 0 unspecified atom stereocenters. The number of unbranched alkanes of at least 4 members (excludes halogenated alkanes) is 10. The molecule has 8 aromatic carbocycles. The van der Waals surface area contributed by atoms with E-state index in [2.05, 4.69) is 168 Å². The lowest BCUT2D eigenvalue weighted by molar-refractivity contribution is 0.304. The van der Waals surface area contributed by atoms with Crippen LogP contribution in [-0.2, 0) is 14.1 Å². The van der Waals surface area contributed by atoms with Gasteiger partial charge in [-0.05, 0) is 171 Å². The van der Waals surface area contributed by atoms with Crippen LogP contribution in [0.15, 0.2) is 182 Å². The van der Waals surface area contributed by atoms with Crippen molar-refractivity contribution in [1.29, 1.82) is 0 Å². The number of aryl methyl sites for hydroxylation is 2. The highest BCUT2D eigenvalue weighted by atomic mass is 32.1. The molecule has 0 radical (unpaired) electrons. The zero-order chi connectivity index (χ0) is 66.4. The Bertz CT molecular complexity index is 5600. The molecular formula is C81H74N10O4S3. The third-order valence-corrected chi connectivity index (χ3v) is 22.1. The van der Waals surface area contributed by atoms with E-state index in [4.69, 9.17) is 42.9 Å². The Morgan fingerprint density at radius 1 is 0.398 bits per heavy atom. The first-order chi connectivity index (χ1) is 48.2. The van der Waals surface area contributed by atoms with Gasteiger partial charge in [0, 0.05) is 103 Å². The van der Waals surface area contributed by atoms with Gasteiger partial charge in [0.15, 0.2) is 0 Å². The van der Waals surface area contributed by atoms with Crippen LogP contribution in [0.25, 0.3) is 118 Å². The van der Waals surface area contributed by atoms with Crippen molar-refractivity contribution in [2.24, 2.45) is 14.1 Å². The molecule has 0 spiro atoms. The molecule has 0 saturated heterocycles. The molecule has 1 N–H and O–H groups in total. The Kier molecular flexibility index (Phi) is 17.3. The van der Waals surface area contributed by atoms with Gasteiger partial charge in [0.1, 0.15) is 56.1 Å². The maximum Gasteiger partial charge on any atom is 0.119 e. The van der Waals surface area contributed by atoms with Crippen molar-refractivity contribution in [3.63, 3.8) is 0 Å². The molecule has 8 heterocycles. The summed E-state index contributed by atoms with van der Waals surface area (Å²) in [7, 11) is 6.00. The first kappa shape index (κ1) is 62.6. The summed E-state index contributed by atoms with van der Waals surface area (Å²) in [5.41, 5.74) is 17.9. The molecule has 0 aliphatic carbocycles. The number of pyridine rings is 2. The molecule has 0 amide bonds. The molecule has 0 aliphatic heterocycles. The van der Waals surface area contributed by atoms with Gasteiger partial charge in [-0.15, -0.1) is 22.7 Å². The van der Waals surface area contributed by atoms with E-state index >= 15 is 0 Å². The van der Waals surface area contributed by atoms with E-state index in [0.29, 0.717) is 24.2 Å². The molecule has 0 bridgehead atoms. The molecule has 8 aromatic heterocycles. The van der Waals surface area contributed by atoms with Gasteiger partial charge in [-0.1, -0.05) is 90.2 Å². The average Bonchev–Trinajstić information content (AvgIpc) is 1.05. The smallest absolute Gasteiger partial charge is 0.119 e. The summed E-state index contributed by atoms with van der Waals surface area (Å²) in [6, 6.07) is 58.6. The highest BCUT2D eigenvalue weighted by Crippen LogP contribution is 2.51. The number of aromatic nitrogens is 8. The second-order valence-corrected chi connectivity index (χ2v) is 28.0. The van der Waals surface area contributed by atoms with E-state index < -0.39 is 0 Å². The minimum Gasteiger partial charge on any atom is -0.508 e. The number of phenols is 1. The average molecular weight is 1350 g/mol. The maximum atomic E-state index is 10.4. The van der Waals surface area contributed by atoms with Crippen molar-refractivity contribution in [2.75, 3.05) is 30.1 Å². The molecule has 14 nitrogen and oxygen atoms in total. The first-order valence-corrected chi connectivity index (χ1v) is 36.5. The Morgan fingerprint density at radius 2 is 0.796 bits per heavy atom. The Labute approximate surface area is 580 Å². The summed E-state index contributed by atoms with van der Waals surface area (Å²) in [6.07, 6.45) is 18.3. The van der Waals surface area contributed by atoms with Crippen LogP contribution in [0.1, 0.15) is 90.9 Å². The summed E-state index contributed by atoms with van der Waals surface area (Å²) in [6.45, 7) is 5.92. The molecule has 0 fully saturated rings. The lowest BCUT2D eigenvalue weighted by atomic mass is 10.0. The number of thiophene rings is 2. The minimum absolute atomic E-state index is 0.212. The lowest BCUT2D eigenvalue weighted by Crippen LogP contribution is -2.10. The third kappa shape index (κ3) is 11.5. The van der Waals surface area contributed by atoms with E-state index in [-0.39, 0.29) is 5.75 Å². The van der Waals surface area contributed by atoms with Gasteiger partial charge >= 0.3 is 0 Å². The SMILES string of the molecule is CCCCCCCCOc1ccc(N(c2ccc(O)cc2)c2ccc3c4sc(-c5c6nsnc6c(-c6cc7c(s6)c6ccc(N(c8ccc(OC)cc8)c8ccc(OCCCCCCCC)cc8)cc6n7C)c6nc7c8ncccc8c8cccnc8c7nc56)cc4n(C)c3c2)cc1. The summed E-state index contributed by atoms with van der Waals surface area (Å²) < 4.78 is 35.4. The summed E-state index contributed by atoms with van der Waals surface area (Å²) in [5, 5.41) is 14.6. The Balaban J connectivity index is 0.796. The van der Waals surface area contributed by atoms with Crippen molar-refractivity contribution < 1.29 is 19.3 Å². The van der Waals surface area contributed by atoms with Gasteiger partial charge in [-0.25, -0.2) is 9.97 Å².